The predicted molar refractivity (Wildman–Crippen MR) is 89.9 cm³/mol. The molecule has 0 radical (unpaired) electrons. The molecule has 1 heterocycles. The molecule has 1 atom stereocenters. The van der Waals surface area contributed by atoms with Crippen LogP contribution in [0, 0.1) is 0 Å². The average Bonchev–Trinajstić information content (AvgIpc) is 2.63. The fraction of sp³-hybridized carbons (Fsp3) is 0.368. The first-order chi connectivity index (χ1) is 11.3. The van der Waals surface area contributed by atoms with Crippen molar-refractivity contribution in [3.63, 3.8) is 0 Å². The number of fused-ring (bicyclic) bond motifs is 1. The zero-order valence-corrected chi connectivity index (χ0v) is 13.4. The number of nitrogens with one attached hydrogen (secondary N) is 1. The van der Waals surface area contributed by atoms with E-state index in [1.165, 1.54) is 5.56 Å². The van der Waals surface area contributed by atoms with Crippen LogP contribution in [0.25, 0.3) is 0 Å². The Kier molecular flexibility index (Phi) is 5.16. The van der Waals surface area contributed by atoms with Crippen molar-refractivity contribution in [2.75, 3.05) is 19.8 Å². The first kappa shape index (κ1) is 15.8. The van der Waals surface area contributed by atoms with Crippen LogP contribution in [0.15, 0.2) is 42.5 Å². The molecular formula is C19H23NO3. The molecule has 122 valence electrons. The monoisotopic (exact) mass is 313 g/mol. The summed E-state index contributed by atoms with van der Waals surface area (Å²) in [5.41, 5.74) is 3.44. The van der Waals surface area contributed by atoms with E-state index in [-0.39, 0.29) is 12.6 Å². The molecule has 0 saturated carbocycles. The van der Waals surface area contributed by atoms with Gasteiger partial charge in [0.15, 0.2) is 11.5 Å². The number of para-hydroxylation sites is 1. The van der Waals surface area contributed by atoms with Gasteiger partial charge >= 0.3 is 0 Å². The largest absolute Gasteiger partial charge is 0.486 e. The molecule has 4 nitrogen and oxygen atoms in total. The van der Waals surface area contributed by atoms with Gasteiger partial charge in [-0.25, -0.2) is 0 Å². The molecule has 0 amide bonds. The van der Waals surface area contributed by atoms with Crippen LogP contribution in [0.2, 0.25) is 0 Å². The van der Waals surface area contributed by atoms with E-state index in [9.17, 15) is 5.11 Å². The van der Waals surface area contributed by atoms with Crippen LogP contribution in [-0.4, -0.2) is 24.9 Å². The number of aliphatic hydroxyl groups excluding tert-OH is 1. The Bertz CT molecular complexity index is 640. The summed E-state index contributed by atoms with van der Waals surface area (Å²) in [5.74, 6) is 1.60. The molecule has 0 bridgehead atoms. The minimum absolute atomic E-state index is 0.0534. The molecule has 3 rings (SSSR count). The zero-order valence-electron chi connectivity index (χ0n) is 13.4. The van der Waals surface area contributed by atoms with Crippen molar-refractivity contribution >= 4 is 0 Å². The lowest BCUT2D eigenvalue weighted by molar-refractivity contribution is 0.169. The maximum Gasteiger partial charge on any atom is 0.165 e. The van der Waals surface area contributed by atoms with Gasteiger partial charge in [0.2, 0.25) is 0 Å². The molecule has 2 aromatic carbocycles. The fourth-order valence-corrected chi connectivity index (χ4v) is 2.78. The van der Waals surface area contributed by atoms with Crippen molar-refractivity contribution in [3.05, 3.63) is 59.2 Å². The van der Waals surface area contributed by atoms with Crippen LogP contribution in [0.5, 0.6) is 11.5 Å². The van der Waals surface area contributed by atoms with Gasteiger partial charge in [-0.3, -0.25) is 0 Å². The van der Waals surface area contributed by atoms with E-state index in [4.69, 9.17) is 9.47 Å². The SMILES string of the molecule is CCc1ccc(C(CO)NCc2cccc3c2OCCO3)cc1. The molecule has 1 aliphatic rings. The minimum Gasteiger partial charge on any atom is -0.486 e. The Morgan fingerprint density at radius 1 is 1.09 bits per heavy atom. The number of rotatable bonds is 6. The lowest BCUT2D eigenvalue weighted by atomic mass is 10.0. The van der Waals surface area contributed by atoms with Crippen molar-refractivity contribution in [1.29, 1.82) is 0 Å². The summed E-state index contributed by atoms with van der Waals surface area (Å²) in [5, 5.41) is 13.1. The van der Waals surface area contributed by atoms with Crippen LogP contribution < -0.4 is 14.8 Å². The summed E-state index contributed by atoms with van der Waals surface area (Å²) >= 11 is 0. The highest BCUT2D eigenvalue weighted by Gasteiger charge is 2.17. The van der Waals surface area contributed by atoms with Gasteiger partial charge in [0.25, 0.3) is 0 Å². The molecule has 2 aromatic rings. The first-order valence-electron chi connectivity index (χ1n) is 8.12. The third kappa shape index (κ3) is 3.66. The van der Waals surface area contributed by atoms with Gasteiger partial charge in [-0.05, 0) is 23.6 Å². The highest BCUT2D eigenvalue weighted by Crippen LogP contribution is 2.33. The van der Waals surface area contributed by atoms with Crippen molar-refractivity contribution in [3.8, 4) is 11.5 Å². The molecule has 0 aliphatic carbocycles. The number of hydrogen-bond donors (Lipinski definition) is 2. The second kappa shape index (κ2) is 7.49. The topological polar surface area (TPSA) is 50.7 Å². The van der Waals surface area contributed by atoms with E-state index in [2.05, 4.69) is 36.5 Å². The maximum atomic E-state index is 9.70. The Labute approximate surface area is 137 Å². The number of aryl methyl sites for hydroxylation is 1. The first-order valence-corrected chi connectivity index (χ1v) is 8.12. The van der Waals surface area contributed by atoms with Crippen molar-refractivity contribution in [2.45, 2.75) is 25.9 Å². The number of ether oxygens (including phenoxy) is 2. The van der Waals surface area contributed by atoms with Crippen LogP contribution in [0.3, 0.4) is 0 Å². The molecule has 0 spiro atoms. The van der Waals surface area contributed by atoms with Gasteiger partial charge in [-0.2, -0.15) is 0 Å². The number of hydrogen-bond acceptors (Lipinski definition) is 4. The molecule has 0 fully saturated rings. The third-order valence-corrected chi connectivity index (χ3v) is 4.16. The molecule has 1 unspecified atom stereocenters. The van der Waals surface area contributed by atoms with E-state index >= 15 is 0 Å². The summed E-state index contributed by atoms with van der Waals surface area (Å²) in [7, 11) is 0. The molecule has 1 aliphatic heterocycles. The third-order valence-electron chi connectivity index (χ3n) is 4.16. The molecular weight excluding hydrogens is 290 g/mol. The highest BCUT2D eigenvalue weighted by molar-refractivity contribution is 5.47. The molecule has 4 heteroatoms. The van der Waals surface area contributed by atoms with Crippen LogP contribution in [0.1, 0.15) is 29.7 Å². The fourth-order valence-electron chi connectivity index (χ4n) is 2.78. The van der Waals surface area contributed by atoms with E-state index in [0.717, 1.165) is 29.0 Å². The van der Waals surface area contributed by atoms with Crippen LogP contribution >= 0.6 is 0 Å². The van der Waals surface area contributed by atoms with E-state index in [1.54, 1.807) is 0 Å². The Morgan fingerprint density at radius 3 is 2.61 bits per heavy atom. The molecule has 23 heavy (non-hydrogen) atoms. The van der Waals surface area contributed by atoms with Crippen molar-refractivity contribution in [1.82, 2.24) is 5.32 Å². The molecule has 0 aromatic heterocycles. The van der Waals surface area contributed by atoms with Crippen molar-refractivity contribution < 1.29 is 14.6 Å². The second-order valence-corrected chi connectivity index (χ2v) is 5.65. The Balaban J connectivity index is 1.70. The number of aliphatic hydroxyl groups is 1. The van der Waals surface area contributed by atoms with E-state index in [0.29, 0.717) is 19.8 Å². The Morgan fingerprint density at radius 2 is 1.87 bits per heavy atom. The average molecular weight is 313 g/mol. The zero-order chi connectivity index (χ0) is 16.1. The van der Waals surface area contributed by atoms with Crippen molar-refractivity contribution in [2.24, 2.45) is 0 Å². The van der Waals surface area contributed by atoms with E-state index < -0.39 is 0 Å². The summed E-state index contributed by atoms with van der Waals surface area (Å²) in [6.45, 7) is 3.97. The Hall–Kier alpha value is -2.04. The van der Waals surface area contributed by atoms with Gasteiger partial charge < -0.3 is 19.9 Å². The predicted octanol–water partition coefficient (Wildman–Crippen LogP) is 2.84. The van der Waals surface area contributed by atoms with Gasteiger partial charge in [0.1, 0.15) is 13.2 Å². The van der Waals surface area contributed by atoms with Gasteiger partial charge in [-0.1, -0.05) is 43.3 Å². The highest BCUT2D eigenvalue weighted by atomic mass is 16.6. The maximum absolute atomic E-state index is 9.70. The van der Waals surface area contributed by atoms with Gasteiger partial charge in [-0.15, -0.1) is 0 Å². The van der Waals surface area contributed by atoms with E-state index in [1.807, 2.05) is 18.2 Å². The smallest absolute Gasteiger partial charge is 0.165 e. The lowest BCUT2D eigenvalue weighted by Crippen LogP contribution is -2.25. The normalized spacial score (nSPS) is 14.5. The summed E-state index contributed by atoms with van der Waals surface area (Å²) in [4.78, 5) is 0. The minimum atomic E-state index is -0.0960. The van der Waals surface area contributed by atoms with Gasteiger partial charge in [0, 0.05) is 12.1 Å². The lowest BCUT2D eigenvalue weighted by Gasteiger charge is -2.22. The second-order valence-electron chi connectivity index (χ2n) is 5.65. The van der Waals surface area contributed by atoms with Gasteiger partial charge in [0.05, 0.1) is 12.6 Å². The molecule has 2 N–H and O–H groups in total. The van der Waals surface area contributed by atoms with Crippen LogP contribution in [0.4, 0.5) is 0 Å². The summed E-state index contributed by atoms with van der Waals surface area (Å²) in [6, 6.07) is 14.2. The molecule has 0 saturated heterocycles. The number of benzene rings is 2. The summed E-state index contributed by atoms with van der Waals surface area (Å²) < 4.78 is 11.3. The summed E-state index contributed by atoms with van der Waals surface area (Å²) in [6.07, 6.45) is 1.02. The standard InChI is InChI=1S/C19H23NO3/c1-2-14-6-8-15(9-7-14)17(13-21)20-12-16-4-3-5-18-19(16)23-11-10-22-18/h3-9,17,20-21H,2,10-13H2,1H3. The quantitative estimate of drug-likeness (QED) is 0.861. The van der Waals surface area contributed by atoms with Crippen LogP contribution in [-0.2, 0) is 13.0 Å².